The summed E-state index contributed by atoms with van der Waals surface area (Å²) in [7, 11) is 2.07. The van der Waals surface area contributed by atoms with Crippen LogP contribution in [0.2, 0.25) is 0 Å². The fraction of sp³-hybridized carbons (Fsp3) is 0.778. The molecule has 0 aliphatic carbocycles. The lowest BCUT2D eigenvalue weighted by molar-refractivity contribution is 0.370. The standard InChI is InChI=1S/C9H15N4/c1-10-8-4-12-5-9(8,11-2)7-13(3)6-8/h1,12H,2,4-7H2,3H3/q+1/t8-,9+/m1/s1. The second-order valence-corrected chi connectivity index (χ2v) is 4.13. The molecule has 4 nitrogen and oxygen atoms in total. The molecule has 2 aliphatic rings. The fourth-order valence-electron chi connectivity index (χ4n) is 2.62. The highest BCUT2D eigenvalue weighted by Gasteiger charge is 2.68. The van der Waals surface area contributed by atoms with Crippen molar-refractivity contribution < 1.29 is 0 Å². The molecule has 2 fully saturated rings. The van der Waals surface area contributed by atoms with Crippen molar-refractivity contribution in [3.8, 4) is 6.57 Å². The summed E-state index contributed by atoms with van der Waals surface area (Å²) >= 11 is 0. The molecule has 2 aliphatic heterocycles. The van der Waals surface area contributed by atoms with Gasteiger partial charge in [0.2, 0.25) is 0 Å². The first-order chi connectivity index (χ1) is 6.18. The van der Waals surface area contributed by atoms with Crippen LogP contribution in [0.25, 0.3) is 4.85 Å². The summed E-state index contributed by atoms with van der Waals surface area (Å²) in [4.78, 5) is 10.5. The van der Waals surface area contributed by atoms with Crippen molar-refractivity contribution in [2.45, 2.75) is 11.1 Å². The van der Waals surface area contributed by atoms with Gasteiger partial charge in [0.25, 0.3) is 6.57 Å². The van der Waals surface area contributed by atoms with Gasteiger partial charge in [0.1, 0.15) is 0 Å². The Labute approximate surface area is 78.5 Å². The van der Waals surface area contributed by atoms with E-state index in [0.29, 0.717) is 0 Å². The van der Waals surface area contributed by atoms with Crippen LogP contribution in [0.1, 0.15) is 0 Å². The highest BCUT2D eigenvalue weighted by molar-refractivity contribution is 5.37. The maximum Gasteiger partial charge on any atom is 0.332 e. The van der Waals surface area contributed by atoms with Gasteiger partial charge in [0.15, 0.2) is 5.54 Å². The van der Waals surface area contributed by atoms with E-state index in [1.807, 2.05) is 0 Å². The molecule has 0 spiro atoms. The molecule has 0 saturated carbocycles. The quantitative estimate of drug-likeness (QED) is 0.559. The lowest BCUT2D eigenvalue weighted by atomic mass is 9.84. The first-order valence-corrected chi connectivity index (χ1v) is 4.47. The number of nitrogens with one attached hydrogen (secondary N) is 1. The van der Waals surface area contributed by atoms with Crippen molar-refractivity contribution >= 4 is 6.72 Å². The second kappa shape index (κ2) is 2.53. The molecule has 2 heterocycles. The first-order valence-electron chi connectivity index (χ1n) is 4.47. The van der Waals surface area contributed by atoms with Gasteiger partial charge in [-0.05, 0) is 13.8 Å². The smallest absolute Gasteiger partial charge is 0.306 e. The molecule has 2 atom stereocenters. The Morgan fingerprint density at radius 3 is 2.85 bits per heavy atom. The minimum atomic E-state index is -0.247. The second-order valence-electron chi connectivity index (χ2n) is 4.13. The van der Waals surface area contributed by atoms with Crippen LogP contribution in [0.15, 0.2) is 4.99 Å². The van der Waals surface area contributed by atoms with Gasteiger partial charge < -0.3 is 5.32 Å². The van der Waals surface area contributed by atoms with Gasteiger partial charge >= 0.3 is 5.54 Å². The average molecular weight is 179 g/mol. The zero-order valence-electron chi connectivity index (χ0n) is 7.95. The number of likely N-dealkylation sites (tertiary alicyclic amines) is 1. The van der Waals surface area contributed by atoms with E-state index in [-0.39, 0.29) is 11.1 Å². The van der Waals surface area contributed by atoms with Gasteiger partial charge in [0, 0.05) is 13.1 Å². The number of aliphatic imine (C=N–C) groups is 1. The summed E-state index contributed by atoms with van der Waals surface area (Å²) in [6, 6.07) is 0. The predicted molar refractivity (Wildman–Crippen MR) is 53.7 cm³/mol. The minimum absolute atomic E-state index is 0.198. The zero-order chi connectivity index (χ0) is 9.53. The Bertz CT molecular complexity index is 282. The van der Waals surface area contributed by atoms with Crippen molar-refractivity contribution in [2.24, 2.45) is 4.99 Å². The van der Waals surface area contributed by atoms with Crippen LogP contribution in [0.5, 0.6) is 0 Å². The van der Waals surface area contributed by atoms with Crippen LogP contribution in [0.4, 0.5) is 0 Å². The molecule has 70 valence electrons. The van der Waals surface area contributed by atoms with Gasteiger partial charge in [0.05, 0.1) is 13.1 Å². The van der Waals surface area contributed by atoms with Crippen LogP contribution < -0.4 is 5.32 Å². The molecular weight excluding hydrogens is 164 g/mol. The number of likely N-dealkylation sites (N-methyl/N-ethyl adjacent to an activating group) is 1. The van der Waals surface area contributed by atoms with Gasteiger partial charge in [-0.25, -0.2) is 0 Å². The molecule has 0 unspecified atom stereocenters. The highest BCUT2D eigenvalue weighted by Crippen LogP contribution is 2.40. The maximum absolute atomic E-state index is 5.50. The first kappa shape index (κ1) is 8.67. The highest BCUT2D eigenvalue weighted by atomic mass is 15.3. The average Bonchev–Trinajstić information content (AvgIpc) is 2.56. The van der Waals surface area contributed by atoms with E-state index in [0.717, 1.165) is 26.2 Å². The van der Waals surface area contributed by atoms with Crippen LogP contribution in [-0.2, 0) is 0 Å². The van der Waals surface area contributed by atoms with Gasteiger partial charge in [-0.15, -0.1) is 0 Å². The fourth-order valence-corrected chi connectivity index (χ4v) is 2.62. The van der Waals surface area contributed by atoms with Crippen molar-refractivity contribution in [3.63, 3.8) is 0 Å². The lowest BCUT2D eigenvalue weighted by Crippen LogP contribution is -2.48. The molecule has 1 N–H and O–H groups in total. The van der Waals surface area contributed by atoms with Crippen LogP contribution in [-0.4, -0.2) is 55.9 Å². The van der Waals surface area contributed by atoms with Crippen LogP contribution in [0, 0.1) is 6.57 Å². The summed E-state index contributed by atoms with van der Waals surface area (Å²) in [6.07, 6.45) is 0. The van der Waals surface area contributed by atoms with E-state index < -0.39 is 0 Å². The molecule has 0 aromatic heterocycles. The van der Waals surface area contributed by atoms with Crippen molar-refractivity contribution in [2.75, 3.05) is 33.2 Å². The number of rotatable bonds is 1. The molecule has 0 radical (unpaired) electrons. The summed E-state index contributed by atoms with van der Waals surface area (Å²) < 4.78 is 0. The summed E-state index contributed by atoms with van der Waals surface area (Å²) in [5.74, 6) is 0. The van der Waals surface area contributed by atoms with Crippen molar-refractivity contribution in [1.29, 1.82) is 0 Å². The third-order valence-corrected chi connectivity index (χ3v) is 3.31. The largest absolute Gasteiger partial charge is 0.332 e. The van der Waals surface area contributed by atoms with E-state index >= 15 is 0 Å². The van der Waals surface area contributed by atoms with E-state index in [4.69, 9.17) is 6.57 Å². The molecule has 13 heavy (non-hydrogen) atoms. The van der Waals surface area contributed by atoms with Crippen molar-refractivity contribution in [1.82, 2.24) is 10.2 Å². The lowest BCUT2D eigenvalue weighted by Gasteiger charge is -2.20. The number of fused-ring (bicyclic) bond motifs is 1. The van der Waals surface area contributed by atoms with Gasteiger partial charge in [-0.2, -0.15) is 0 Å². The molecule has 0 aromatic carbocycles. The van der Waals surface area contributed by atoms with Gasteiger partial charge in [-0.3, -0.25) is 9.89 Å². The maximum atomic E-state index is 5.50. The normalized spacial score (nSPS) is 44.3. The molecule has 0 amide bonds. The Morgan fingerprint density at radius 2 is 2.31 bits per heavy atom. The zero-order valence-corrected chi connectivity index (χ0v) is 7.95. The van der Waals surface area contributed by atoms with E-state index in [9.17, 15) is 0 Å². The van der Waals surface area contributed by atoms with Crippen molar-refractivity contribution in [3.05, 3.63) is 4.85 Å². The molecule has 2 saturated heterocycles. The summed E-state index contributed by atoms with van der Waals surface area (Å²) in [5, 5.41) is 3.29. The molecule has 4 heteroatoms. The molecule has 0 aromatic rings. The number of nitrogens with zero attached hydrogens (tertiary/aromatic N) is 3. The number of hydrogen-bond donors (Lipinski definition) is 1. The predicted octanol–water partition coefficient (Wildman–Crippen LogP) is -0.324. The number of hydrogen-bond acceptors (Lipinski definition) is 3. The third kappa shape index (κ3) is 0.888. The Kier molecular flexibility index (Phi) is 1.69. The van der Waals surface area contributed by atoms with E-state index in [1.165, 1.54) is 0 Å². The Balaban J connectivity index is 2.43. The van der Waals surface area contributed by atoms with E-state index in [2.05, 4.69) is 33.8 Å². The topological polar surface area (TPSA) is 32.0 Å². The molecule has 2 rings (SSSR count). The SMILES string of the molecule is C#[N+][C@@]12CNC[C@]1(N=C)CN(C)C2. The van der Waals surface area contributed by atoms with Gasteiger partial charge in [-0.1, -0.05) is 4.85 Å². The van der Waals surface area contributed by atoms with Crippen LogP contribution >= 0.6 is 0 Å². The molecule has 0 bridgehead atoms. The summed E-state index contributed by atoms with van der Waals surface area (Å²) in [5.41, 5.74) is -0.444. The van der Waals surface area contributed by atoms with E-state index in [1.54, 1.807) is 0 Å². The third-order valence-electron chi connectivity index (χ3n) is 3.31. The van der Waals surface area contributed by atoms with Crippen LogP contribution in [0.3, 0.4) is 0 Å². The molecular formula is C9H15N4+. The summed E-state index contributed by atoms with van der Waals surface area (Å²) in [6.45, 7) is 12.6. The Morgan fingerprint density at radius 1 is 1.54 bits per heavy atom. The minimum Gasteiger partial charge on any atom is -0.306 e. The monoisotopic (exact) mass is 179 g/mol. The Hall–Kier alpha value is -0.920.